The molecule has 0 aliphatic heterocycles. The van der Waals surface area contributed by atoms with Crippen molar-refractivity contribution < 1.29 is 8.83 Å². The van der Waals surface area contributed by atoms with E-state index >= 15 is 0 Å². The molecule has 0 saturated carbocycles. The van der Waals surface area contributed by atoms with Gasteiger partial charge in [0.2, 0.25) is 0 Å². The van der Waals surface area contributed by atoms with Gasteiger partial charge < -0.3 is 13.7 Å². The highest BCUT2D eigenvalue weighted by Crippen LogP contribution is 2.48. The molecule has 0 unspecified atom stereocenters. The normalized spacial score (nSPS) is 11.5. The third-order valence-corrected chi connectivity index (χ3v) is 12.3. The fourth-order valence-electron chi connectivity index (χ4n) is 9.35. The lowest BCUT2D eigenvalue weighted by atomic mass is 9.88. The van der Waals surface area contributed by atoms with Crippen molar-refractivity contribution >= 4 is 60.9 Å². The average Bonchev–Trinajstić information content (AvgIpc) is 3.93. The van der Waals surface area contributed by atoms with Crippen LogP contribution >= 0.6 is 0 Å². The number of furan rings is 2. The molecule has 3 heteroatoms. The number of anilines is 3. The summed E-state index contributed by atoms with van der Waals surface area (Å²) in [6.07, 6.45) is 0. The van der Waals surface area contributed by atoms with Crippen molar-refractivity contribution in [1.29, 1.82) is 0 Å². The van der Waals surface area contributed by atoms with Crippen molar-refractivity contribution in [3.05, 3.63) is 237 Å². The van der Waals surface area contributed by atoms with Crippen LogP contribution < -0.4 is 4.90 Å². The van der Waals surface area contributed by atoms with Gasteiger partial charge in [-0.2, -0.15) is 0 Å². The summed E-state index contributed by atoms with van der Waals surface area (Å²) < 4.78 is 12.8. The third kappa shape index (κ3) is 6.38. The largest absolute Gasteiger partial charge is 0.456 e. The lowest BCUT2D eigenvalue weighted by Gasteiger charge is -2.29. The van der Waals surface area contributed by atoms with E-state index in [1.165, 1.54) is 27.8 Å². The van der Waals surface area contributed by atoms with Crippen LogP contribution in [0.25, 0.3) is 99.5 Å². The zero-order valence-corrected chi connectivity index (χ0v) is 34.3. The molecule has 12 aromatic rings. The number of benzene rings is 10. The molecule has 3 nitrogen and oxygen atoms in total. The first-order valence-electron chi connectivity index (χ1n) is 21.4. The van der Waals surface area contributed by atoms with E-state index < -0.39 is 0 Å². The highest BCUT2D eigenvalue weighted by molar-refractivity contribution is 6.14. The minimum Gasteiger partial charge on any atom is -0.456 e. The quantitative estimate of drug-likeness (QED) is 0.153. The predicted octanol–water partition coefficient (Wildman–Crippen LogP) is 17.3. The van der Waals surface area contributed by atoms with Gasteiger partial charge in [0, 0.05) is 27.4 Å². The Morgan fingerprint density at radius 2 is 0.714 bits per heavy atom. The molecule has 0 fully saturated rings. The number of hydrogen-bond donors (Lipinski definition) is 0. The first kappa shape index (κ1) is 36.5. The summed E-state index contributed by atoms with van der Waals surface area (Å²) in [7, 11) is 0. The highest BCUT2D eigenvalue weighted by atomic mass is 16.3. The van der Waals surface area contributed by atoms with Crippen LogP contribution in [0.2, 0.25) is 0 Å². The van der Waals surface area contributed by atoms with Gasteiger partial charge in [-0.1, -0.05) is 182 Å². The maximum atomic E-state index is 6.49. The van der Waals surface area contributed by atoms with E-state index in [-0.39, 0.29) is 0 Å². The summed E-state index contributed by atoms with van der Waals surface area (Å²) in [4.78, 5) is 2.40. The lowest BCUT2D eigenvalue weighted by Crippen LogP contribution is -2.11. The summed E-state index contributed by atoms with van der Waals surface area (Å²) >= 11 is 0. The Hall–Kier alpha value is -8.40. The first-order chi connectivity index (χ1) is 31.2. The molecule has 0 radical (unpaired) electrons. The number of fused-ring (bicyclic) bond motifs is 6. The Bertz CT molecular complexity index is 3620. The van der Waals surface area contributed by atoms with Gasteiger partial charge in [0.05, 0.1) is 16.8 Å². The van der Waals surface area contributed by atoms with Gasteiger partial charge in [-0.25, -0.2) is 0 Å². The smallest absolute Gasteiger partial charge is 0.137 e. The molecule has 296 valence electrons. The van der Waals surface area contributed by atoms with Crippen molar-refractivity contribution in [3.8, 4) is 55.6 Å². The number of hydrogen-bond acceptors (Lipinski definition) is 3. The fourth-order valence-corrected chi connectivity index (χ4v) is 9.35. The number of nitrogens with zero attached hydrogens (tertiary/aromatic N) is 1. The van der Waals surface area contributed by atoms with E-state index in [1.807, 2.05) is 24.3 Å². The number of para-hydroxylation sites is 3. The third-order valence-electron chi connectivity index (χ3n) is 12.3. The molecule has 63 heavy (non-hydrogen) atoms. The van der Waals surface area contributed by atoms with Crippen molar-refractivity contribution in [1.82, 2.24) is 0 Å². The molecule has 10 aromatic carbocycles. The molecule has 2 heterocycles. The van der Waals surface area contributed by atoms with Crippen LogP contribution in [0.4, 0.5) is 17.1 Å². The minimum atomic E-state index is 0.847. The first-order valence-corrected chi connectivity index (χ1v) is 21.4. The van der Waals surface area contributed by atoms with Crippen molar-refractivity contribution in [2.45, 2.75) is 0 Å². The Balaban J connectivity index is 1.01. The number of rotatable bonds is 8. The topological polar surface area (TPSA) is 29.5 Å². The zero-order chi connectivity index (χ0) is 41.7. The van der Waals surface area contributed by atoms with Gasteiger partial charge >= 0.3 is 0 Å². The van der Waals surface area contributed by atoms with Gasteiger partial charge in [-0.3, -0.25) is 0 Å². The molecule has 0 saturated heterocycles. The summed E-state index contributed by atoms with van der Waals surface area (Å²) in [6.45, 7) is 0. The van der Waals surface area contributed by atoms with Crippen LogP contribution in [-0.4, -0.2) is 0 Å². The van der Waals surface area contributed by atoms with Crippen LogP contribution in [0.5, 0.6) is 0 Å². The molecule has 12 rings (SSSR count). The second-order valence-corrected chi connectivity index (χ2v) is 16.0. The monoisotopic (exact) mass is 805 g/mol. The molecule has 2 aromatic heterocycles. The summed E-state index contributed by atoms with van der Waals surface area (Å²) in [6, 6.07) is 84.2. The molecule has 0 atom stereocenters. The van der Waals surface area contributed by atoms with Crippen LogP contribution in [0, 0.1) is 0 Å². The van der Waals surface area contributed by atoms with Crippen molar-refractivity contribution in [3.63, 3.8) is 0 Å². The molecule has 0 N–H and O–H groups in total. The van der Waals surface area contributed by atoms with E-state index in [1.54, 1.807) is 0 Å². The molecule has 0 aliphatic carbocycles. The predicted molar refractivity (Wildman–Crippen MR) is 263 cm³/mol. The molecule has 0 bridgehead atoms. The van der Waals surface area contributed by atoms with E-state index in [2.05, 4.69) is 217 Å². The second-order valence-electron chi connectivity index (χ2n) is 16.0. The minimum absolute atomic E-state index is 0.847. The van der Waals surface area contributed by atoms with Crippen LogP contribution in [0.1, 0.15) is 0 Å². The molecule has 0 spiro atoms. The van der Waals surface area contributed by atoms with Crippen molar-refractivity contribution in [2.75, 3.05) is 4.90 Å². The fraction of sp³-hybridized carbons (Fsp3) is 0. The maximum Gasteiger partial charge on any atom is 0.137 e. The van der Waals surface area contributed by atoms with Gasteiger partial charge in [0.25, 0.3) is 0 Å². The summed E-state index contributed by atoms with van der Waals surface area (Å²) in [5, 5.41) is 4.40. The van der Waals surface area contributed by atoms with Gasteiger partial charge in [-0.15, -0.1) is 0 Å². The van der Waals surface area contributed by atoms with E-state index in [0.717, 1.165) is 88.8 Å². The van der Waals surface area contributed by atoms with Gasteiger partial charge in [0.15, 0.2) is 0 Å². The summed E-state index contributed by atoms with van der Waals surface area (Å²) in [5.41, 5.74) is 18.2. The Morgan fingerprint density at radius 1 is 0.254 bits per heavy atom. The molecular formula is C60H39NO2. The Labute approximate surface area is 365 Å². The standard InChI is InChI=1S/C60H39NO2/c1-2-15-40(16-3-1)41-29-31-43(32-30-41)46-17-4-5-18-47(46)48-19-6-7-20-49(48)50-21-8-11-24-54(50)61(55-25-14-28-58-60(55)53-23-10-13-27-57(53)62-58)45-36-33-42(34-37-45)44-35-38-52-51-22-9-12-26-56(51)63-59(52)39-44/h1-39H. The van der Waals surface area contributed by atoms with E-state index in [4.69, 9.17) is 8.83 Å². The SMILES string of the molecule is c1ccc(-c2ccc(-c3ccccc3-c3ccccc3-c3ccccc3N(c3ccc(-c4ccc5c(c4)oc4ccccc45)cc3)c3cccc4oc5ccccc5c34)cc2)cc1. The van der Waals surface area contributed by atoms with Gasteiger partial charge in [0.1, 0.15) is 22.3 Å². The molecule has 0 amide bonds. The van der Waals surface area contributed by atoms with Crippen LogP contribution in [0.15, 0.2) is 245 Å². The van der Waals surface area contributed by atoms with Gasteiger partial charge in [-0.05, 0) is 105 Å². The maximum absolute atomic E-state index is 6.49. The highest BCUT2D eigenvalue weighted by Gasteiger charge is 2.23. The van der Waals surface area contributed by atoms with Crippen LogP contribution in [-0.2, 0) is 0 Å². The molecular weight excluding hydrogens is 767 g/mol. The molecule has 0 aliphatic rings. The van der Waals surface area contributed by atoms with Crippen LogP contribution in [0.3, 0.4) is 0 Å². The van der Waals surface area contributed by atoms with Crippen molar-refractivity contribution in [2.24, 2.45) is 0 Å². The Kier molecular flexibility index (Phi) is 8.83. The van der Waals surface area contributed by atoms with E-state index in [0.29, 0.717) is 0 Å². The Morgan fingerprint density at radius 3 is 1.48 bits per heavy atom. The zero-order valence-electron chi connectivity index (χ0n) is 34.3. The second kappa shape index (κ2) is 15.3. The van der Waals surface area contributed by atoms with E-state index in [9.17, 15) is 0 Å². The average molecular weight is 806 g/mol. The lowest BCUT2D eigenvalue weighted by molar-refractivity contribution is 0.668. The summed E-state index contributed by atoms with van der Waals surface area (Å²) in [5.74, 6) is 0.